The predicted molar refractivity (Wildman–Crippen MR) is 87.5 cm³/mol. The highest BCUT2D eigenvalue weighted by atomic mass is 35.5. The van der Waals surface area contributed by atoms with E-state index < -0.39 is 5.82 Å². The van der Waals surface area contributed by atoms with Crippen molar-refractivity contribution in [2.24, 2.45) is 0 Å². The Morgan fingerprint density at radius 3 is 2.76 bits per heavy atom. The van der Waals surface area contributed by atoms with E-state index in [1.165, 1.54) is 12.1 Å². The van der Waals surface area contributed by atoms with Crippen molar-refractivity contribution >= 4 is 40.5 Å². The molecule has 0 saturated carbocycles. The average Bonchev–Trinajstić information content (AvgIpc) is 2.44. The molecule has 116 valence electrons. The molecule has 1 aromatic rings. The number of thiocarbonyl (C=S) groups is 1. The summed E-state index contributed by atoms with van der Waals surface area (Å²) >= 11 is 11.1. The molecule has 0 atom stereocenters. The van der Waals surface area contributed by atoms with Gasteiger partial charge in [0, 0.05) is 17.9 Å². The van der Waals surface area contributed by atoms with Crippen molar-refractivity contribution < 1.29 is 13.9 Å². The number of carbonyl (C=O) groups excluding carboxylic acids is 1. The molecule has 0 bridgehead atoms. The van der Waals surface area contributed by atoms with E-state index in [0.29, 0.717) is 23.6 Å². The van der Waals surface area contributed by atoms with Crippen LogP contribution in [0.15, 0.2) is 12.1 Å². The summed E-state index contributed by atoms with van der Waals surface area (Å²) in [4.78, 5) is 11.4. The van der Waals surface area contributed by atoms with Gasteiger partial charge in [0.25, 0.3) is 0 Å². The van der Waals surface area contributed by atoms with Gasteiger partial charge >= 0.3 is 0 Å². The van der Waals surface area contributed by atoms with Gasteiger partial charge in [-0.25, -0.2) is 4.39 Å². The fraction of sp³-hybridized carbons (Fsp3) is 0.467. The summed E-state index contributed by atoms with van der Waals surface area (Å²) < 4.78 is 19.2. The lowest BCUT2D eigenvalue weighted by molar-refractivity contribution is -0.115. The van der Waals surface area contributed by atoms with Gasteiger partial charge in [0.05, 0.1) is 12.3 Å². The number of carbonyl (C=O) groups is 1. The molecule has 0 aliphatic rings. The Morgan fingerprint density at radius 2 is 2.14 bits per heavy atom. The third-order valence-electron chi connectivity index (χ3n) is 2.83. The number of amides is 1. The molecule has 0 unspecified atom stereocenters. The zero-order valence-corrected chi connectivity index (χ0v) is 13.7. The normalized spacial score (nSPS) is 10.3. The monoisotopic (exact) mass is 331 g/mol. The Labute approximate surface area is 134 Å². The predicted octanol–water partition coefficient (Wildman–Crippen LogP) is 4.51. The van der Waals surface area contributed by atoms with Crippen molar-refractivity contribution in [3.63, 3.8) is 0 Å². The van der Waals surface area contributed by atoms with E-state index >= 15 is 0 Å². The summed E-state index contributed by atoms with van der Waals surface area (Å²) in [7, 11) is 0. The third-order valence-corrected chi connectivity index (χ3v) is 3.44. The van der Waals surface area contributed by atoms with Gasteiger partial charge in [-0.15, -0.1) is 0 Å². The van der Waals surface area contributed by atoms with E-state index in [2.05, 4.69) is 12.2 Å². The molecular formula is C15H19ClFNO2S. The van der Waals surface area contributed by atoms with Crippen LogP contribution in [0.2, 0.25) is 5.02 Å². The second kappa shape index (κ2) is 8.95. The molecule has 0 fully saturated rings. The summed E-state index contributed by atoms with van der Waals surface area (Å²) in [5.74, 6) is -0.827. The van der Waals surface area contributed by atoms with Crippen LogP contribution >= 0.6 is 23.8 Å². The molecule has 0 radical (unpaired) electrons. The van der Waals surface area contributed by atoms with Crippen LogP contribution in [0, 0.1) is 5.82 Å². The van der Waals surface area contributed by atoms with Crippen LogP contribution < -0.4 is 5.32 Å². The zero-order chi connectivity index (χ0) is 15.8. The molecule has 1 rings (SSSR count). The SMILES string of the molecule is CCCCOC(=S)Cc1cc(NC(=O)CC)c(F)cc1Cl. The van der Waals surface area contributed by atoms with E-state index in [4.69, 9.17) is 28.6 Å². The number of ether oxygens (including phenoxy) is 1. The van der Waals surface area contributed by atoms with Crippen LogP contribution in [0.25, 0.3) is 0 Å². The van der Waals surface area contributed by atoms with E-state index in [9.17, 15) is 9.18 Å². The molecule has 0 spiro atoms. The van der Waals surface area contributed by atoms with Gasteiger partial charge in [-0.05, 0) is 36.3 Å². The van der Waals surface area contributed by atoms with Gasteiger partial charge in [-0.3, -0.25) is 4.79 Å². The number of unbranched alkanes of at least 4 members (excludes halogenated alkanes) is 1. The molecule has 1 aromatic carbocycles. The van der Waals surface area contributed by atoms with Crippen LogP contribution in [0.5, 0.6) is 0 Å². The largest absolute Gasteiger partial charge is 0.487 e. The molecule has 1 N–H and O–H groups in total. The highest BCUT2D eigenvalue weighted by molar-refractivity contribution is 7.80. The highest BCUT2D eigenvalue weighted by Gasteiger charge is 2.12. The van der Waals surface area contributed by atoms with Crippen molar-refractivity contribution in [1.82, 2.24) is 0 Å². The van der Waals surface area contributed by atoms with Gasteiger partial charge in [-0.2, -0.15) is 0 Å². The molecule has 21 heavy (non-hydrogen) atoms. The summed E-state index contributed by atoms with van der Waals surface area (Å²) in [6.07, 6.45) is 2.53. The molecule has 0 aliphatic heterocycles. The van der Waals surface area contributed by atoms with E-state index in [-0.39, 0.29) is 23.0 Å². The molecule has 0 aliphatic carbocycles. The topological polar surface area (TPSA) is 38.3 Å². The number of anilines is 1. The minimum atomic E-state index is -0.566. The number of halogens is 2. The molecule has 0 saturated heterocycles. The van der Waals surface area contributed by atoms with Gasteiger partial charge in [0.15, 0.2) is 5.05 Å². The molecule has 6 heteroatoms. The molecule has 0 aromatic heterocycles. The summed E-state index contributed by atoms with van der Waals surface area (Å²) in [6.45, 7) is 4.32. The second-order valence-corrected chi connectivity index (χ2v) is 5.44. The van der Waals surface area contributed by atoms with Crippen molar-refractivity contribution in [3.05, 3.63) is 28.5 Å². The Bertz CT molecular complexity index is 523. The summed E-state index contributed by atoms with van der Waals surface area (Å²) in [5.41, 5.74) is 0.739. The van der Waals surface area contributed by atoms with Gasteiger partial charge in [-0.1, -0.05) is 31.9 Å². The Hall–Kier alpha value is -1.20. The number of benzene rings is 1. The van der Waals surface area contributed by atoms with Crippen LogP contribution in [0.4, 0.5) is 10.1 Å². The maximum absolute atomic E-state index is 13.7. The quantitative estimate of drug-likeness (QED) is 0.590. The summed E-state index contributed by atoms with van der Waals surface area (Å²) in [5, 5.41) is 3.17. The maximum atomic E-state index is 13.7. The number of hydrogen-bond donors (Lipinski definition) is 1. The second-order valence-electron chi connectivity index (χ2n) is 4.58. The van der Waals surface area contributed by atoms with Crippen molar-refractivity contribution in [2.75, 3.05) is 11.9 Å². The fourth-order valence-corrected chi connectivity index (χ4v) is 2.06. The lowest BCUT2D eigenvalue weighted by atomic mass is 10.1. The van der Waals surface area contributed by atoms with Gasteiger partial charge in [0.2, 0.25) is 5.91 Å². The van der Waals surface area contributed by atoms with Crippen LogP contribution in [0.1, 0.15) is 38.7 Å². The average molecular weight is 332 g/mol. The smallest absolute Gasteiger partial charge is 0.224 e. The van der Waals surface area contributed by atoms with E-state index in [1.807, 2.05) is 0 Å². The van der Waals surface area contributed by atoms with Gasteiger partial charge in [0.1, 0.15) is 5.82 Å². The first kappa shape index (κ1) is 17.9. The van der Waals surface area contributed by atoms with Crippen LogP contribution in [-0.4, -0.2) is 17.6 Å². The van der Waals surface area contributed by atoms with Crippen molar-refractivity contribution in [2.45, 2.75) is 39.5 Å². The first-order valence-corrected chi connectivity index (χ1v) is 7.69. The summed E-state index contributed by atoms with van der Waals surface area (Å²) in [6, 6.07) is 2.68. The van der Waals surface area contributed by atoms with Crippen molar-refractivity contribution in [1.29, 1.82) is 0 Å². The van der Waals surface area contributed by atoms with Crippen LogP contribution in [-0.2, 0) is 16.0 Å². The number of rotatable bonds is 7. The minimum absolute atomic E-state index is 0.109. The Kier molecular flexibility index (Phi) is 7.61. The fourth-order valence-electron chi connectivity index (χ4n) is 1.60. The first-order valence-electron chi connectivity index (χ1n) is 6.91. The molecular weight excluding hydrogens is 313 g/mol. The first-order chi connectivity index (χ1) is 9.97. The highest BCUT2D eigenvalue weighted by Crippen LogP contribution is 2.25. The van der Waals surface area contributed by atoms with E-state index in [0.717, 1.165) is 12.8 Å². The van der Waals surface area contributed by atoms with Gasteiger partial charge < -0.3 is 10.1 Å². The van der Waals surface area contributed by atoms with E-state index in [1.54, 1.807) is 6.92 Å². The Morgan fingerprint density at radius 1 is 1.43 bits per heavy atom. The minimum Gasteiger partial charge on any atom is -0.487 e. The lowest BCUT2D eigenvalue weighted by Gasteiger charge is -2.11. The molecule has 1 amide bonds. The molecule has 0 heterocycles. The molecule has 3 nitrogen and oxygen atoms in total. The number of hydrogen-bond acceptors (Lipinski definition) is 3. The van der Waals surface area contributed by atoms with Crippen LogP contribution in [0.3, 0.4) is 0 Å². The third kappa shape index (κ3) is 5.98. The lowest BCUT2D eigenvalue weighted by Crippen LogP contribution is -2.12. The standard InChI is InChI=1S/C15H19ClFNO2S/c1-3-5-6-20-15(21)8-10-7-13(18-14(19)4-2)12(17)9-11(10)16/h7,9H,3-6,8H2,1-2H3,(H,18,19). The maximum Gasteiger partial charge on any atom is 0.224 e. The Balaban J connectivity index is 2.79. The van der Waals surface area contributed by atoms with Crippen molar-refractivity contribution in [3.8, 4) is 0 Å². The zero-order valence-electron chi connectivity index (χ0n) is 12.2. The number of nitrogens with one attached hydrogen (secondary N) is 1.